The molecule has 10 heteroatoms. The Morgan fingerprint density at radius 1 is 1.09 bits per heavy atom. The van der Waals surface area contributed by atoms with Crippen molar-refractivity contribution in [1.29, 1.82) is 0 Å². The van der Waals surface area contributed by atoms with Crippen LogP contribution in [0.2, 0.25) is 10.0 Å². The lowest BCUT2D eigenvalue weighted by Gasteiger charge is -2.07. The zero-order valence-electron chi connectivity index (χ0n) is 17.6. The van der Waals surface area contributed by atoms with Gasteiger partial charge in [0.15, 0.2) is 11.4 Å². The van der Waals surface area contributed by atoms with Gasteiger partial charge in [-0.1, -0.05) is 34.5 Å². The fraction of sp³-hybridized carbons (Fsp3) is 0.318. The van der Waals surface area contributed by atoms with Crippen molar-refractivity contribution in [2.24, 2.45) is 4.99 Å². The van der Waals surface area contributed by atoms with Crippen LogP contribution in [0.1, 0.15) is 24.2 Å². The number of aromatic nitrogens is 1. The number of amides is 1. The van der Waals surface area contributed by atoms with Crippen LogP contribution < -0.4 is 9.54 Å². The number of thiazole rings is 1. The average molecular weight is 497 g/mol. The minimum absolute atomic E-state index is 0.283. The summed E-state index contributed by atoms with van der Waals surface area (Å²) in [5.41, 5.74) is 1.28. The number of fused-ring (bicyclic) bond motifs is 1. The van der Waals surface area contributed by atoms with Crippen LogP contribution in [0.5, 0.6) is 5.75 Å². The topological polar surface area (TPSA) is 79.1 Å². The monoisotopic (exact) mass is 496 g/mol. The Bertz CT molecular complexity index is 1190. The highest BCUT2D eigenvalue weighted by Crippen LogP contribution is 2.27. The van der Waals surface area contributed by atoms with Crippen LogP contribution in [0.25, 0.3) is 10.2 Å². The molecule has 0 unspecified atom stereocenters. The molecular formula is C22H22Cl2N2O5S. The Labute approximate surface area is 199 Å². The van der Waals surface area contributed by atoms with Gasteiger partial charge in [-0.2, -0.15) is 4.99 Å². The summed E-state index contributed by atoms with van der Waals surface area (Å²) in [5, 5.41) is 0.784. The summed E-state index contributed by atoms with van der Waals surface area (Å²) in [6, 6.07) is 10.0. The van der Waals surface area contributed by atoms with Crippen LogP contribution in [0.4, 0.5) is 0 Å². The summed E-state index contributed by atoms with van der Waals surface area (Å²) in [6.07, 6.45) is 0. The first-order chi connectivity index (χ1) is 15.4. The van der Waals surface area contributed by atoms with Crippen LogP contribution >= 0.6 is 34.5 Å². The van der Waals surface area contributed by atoms with Gasteiger partial charge < -0.3 is 18.8 Å². The van der Waals surface area contributed by atoms with Gasteiger partial charge in [-0.05, 0) is 50.2 Å². The molecule has 0 N–H and O–H groups in total. The molecule has 0 aliphatic heterocycles. The van der Waals surface area contributed by atoms with Gasteiger partial charge in [-0.3, -0.25) is 4.79 Å². The van der Waals surface area contributed by atoms with Gasteiger partial charge in [-0.15, -0.1) is 0 Å². The molecule has 3 aromatic rings. The van der Waals surface area contributed by atoms with Crippen molar-refractivity contribution in [1.82, 2.24) is 4.57 Å². The molecule has 2 aromatic carbocycles. The normalized spacial score (nSPS) is 11.7. The van der Waals surface area contributed by atoms with Gasteiger partial charge in [-0.25, -0.2) is 4.79 Å². The quantitative estimate of drug-likeness (QED) is 0.316. The third-order valence-corrected chi connectivity index (χ3v) is 5.89. The molecule has 1 amide bonds. The maximum atomic E-state index is 12.5. The third kappa shape index (κ3) is 6.10. The molecule has 3 rings (SSSR count). The second kappa shape index (κ2) is 11.5. The minimum Gasteiger partial charge on any atom is -0.482 e. The average Bonchev–Trinajstić information content (AvgIpc) is 3.09. The molecule has 0 radical (unpaired) electrons. The van der Waals surface area contributed by atoms with Crippen LogP contribution in [0.15, 0.2) is 41.4 Å². The summed E-state index contributed by atoms with van der Waals surface area (Å²) in [6.45, 7) is 5.22. The van der Waals surface area contributed by atoms with E-state index in [-0.39, 0.29) is 6.61 Å². The van der Waals surface area contributed by atoms with E-state index in [4.69, 9.17) is 37.4 Å². The molecule has 0 aliphatic rings. The highest BCUT2D eigenvalue weighted by atomic mass is 35.5. The van der Waals surface area contributed by atoms with Crippen molar-refractivity contribution >= 4 is 56.6 Å². The number of hydrogen-bond acceptors (Lipinski definition) is 6. The van der Waals surface area contributed by atoms with E-state index in [1.165, 1.54) is 17.4 Å². The lowest BCUT2D eigenvalue weighted by Crippen LogP contribution is -2.21. The van der Waals surface area contributed by atoms with Crippen LogP contribution in [-0.4, -0.2) is 42.9 Å². The van der Waals surface area contributed by atoms with Crippen LogP contribution in [0.3, 0.4) is 0 Å². The number of esters is 1. The summed E-state index contributed by atoms with van der Waals surface area (Å²) in [7, 11) is 0. The molecule has 1 aromatic heterocycles. The lowest BCUT2D eigenvalue weighted by molar-refractivity contribution is -0.120. The van der Waals surface area contributed by atoms with E-state index < -0.39 is 11.9 Å². The first kappa shape index (κ1) is 24.3. The maximum Gasteiger partial charge on any atom is 0.338 e. The first-order valence-electron chi connectivity index (χ1n) is 9.96. The predicted molar refractivity (Wildman–Crippen MR) is 125 cm³/mol. The van der Waals surface area contributed by atoms with E-state index >= 15 is 0 Å². The van der Waals surface area contributed by atoms with Crippen molar-refractivity contribution in [2.75, 3.05) is 26.4 Å². The van der Waals surface area contributed by atoms with E-state index in [2.05, 4.69) is 4.99 Å². The number of ether oxygens (including phenoxy) is 3. The second-order valence-corrected chi connectivity index (χ2v) is 8.36. The Kier molecular flexibility index (Phi) is 8.69. The number of halogens is 2. The number of rotatable bonds is 9. The SMILES string of the molecule is CCOCCn1c(=NC(=O)COc2ccc(Cl)cc2Cl)sc2cc(C(=O)OCC)ccc21. The zero-order valence-corrected chi connectivity index (χ0v) is 19.9. The van der Waals surface area contributed by atoms with Crippen molar-refractivity contribution in [3.63, 3.8) is 0 Å². The van der Waals surface area contributed by atoms with E-state index in [0.29, 0.717) is 52.5 Å². The van der Waals surface area contributed by atoms with Crippen molar-refractivity contribution in [3.05, 3.63) is 56.8 Å². The zero-order chi connectivity index (χ0) is 23.1. The molecule has 0 atom stereocenters. The van der Waals surface area contributed by atoms with Gasteiger partial charge in [0.2, 0.25) is 0 Å². The van der Waals surface area contributed by atoms with Crippen LogP contribution in [0, 0.1) is 0 Å². The number of hydrogen-bond donors (Lipinski definition) is 0. The van der Waals surface area contributed by atoms with E-state index in [0.717, 1.165) is 10.2 Å². The molecule has 0 saturated carbocycles. The lowest BCUT2D eigenvalue weighted by atomic mass is 10.2. The number of nitrogens with zero attached hydrogens (tertiary/aromatic N) is 2. The van der Waals surface area contributed by atoms with E-state index in [1.54, 1.807) is 31.2 Å². The second-order valence-electron chi connectivity index (χ2n) is 6.51. The van der Waals surface area contributed by atoms with Gasteiger partial charge in [0.25, 0.3) is 5.91 Å². The van der Waals surface area contributed by atoms with Crippen molar-refractivity contribution < 1.29 is 23.8 Å². The number of carbonyl (C=O) groups excluding carboxylic acids is 2. The molecule has 0 fully saturated rings. The molecule has 0 aliphatic carbocycles. The van der Waals surface area contributed by atoms with Gasteiger partial charge in [0.05, 0.1) is 34.0 Å². The molecule has 32 heavy (non-hydrogen) atoms. The fourth-order valence-electron chi connectivity index (χ4n) is 2.89. The highest BCUT2D eigenvalue weighted by Gasteiger charge is 2.13. The van der Waals surface area contributed by atoms with Crippen molar-refractivity contribution in [3.8, 4) is 5.75 Å². The Morgan fingerprint density at radius 3 is 2.62 bits per heavy atom. The molecule has 0 bridgehead atoms. The molecule has 0 saturated heterocycles. The van der Waals surface area contributed by atoms with Crippen molar-refractivity contribution in [2.45, 2.75) is 20.4 Å². The van der Waals surface area contributed by atoms with Gasteiger partial charge >= 0.3 is 5.97 Å². The maximum absolute atomic E-state index is 12.5. The number of carbonyl (C=O) groups is 2. The molecule has 0 spiro atoms. The molecule has 170 valence electrons. The minimum atomic E-state index is -0.474. The summed E-state index contributed by atoms with van der Waals surface area (Å²) < 4.78 is 18.7. The van der Waals surface area contributed by atoms with Gasteiger partial charge in [0.1, 0.15) is 5.75 Å². The Hall–Kier alpha value is -2.39. The van der Waals surface area contributed by atoms with E-state index in [1.807, 2.05) is 17.6 Å². The van der Waals surface area contributed by atoms with E-state index in [9.17, 15) is 9.59 Å². The summed E-state index contributed by atoms with van der Waals surface area (Å²) in [4.78, 5) is 29.3. The first-order valence-corrected chi connectivity index (χ1v) is 11.5. The smallest absolute Gasteiger partial charge is 0.338 e. The Morgan fingerprint density at radius 2 is 1.91 bits per heavy atom. The molecular weight excluding hydrogens is 475 g/mol. The third-order valence-electron chi connectivity index (χ3n) is 4.32. The van der Waals surface area contributed by atoms with Crippen LogP contribution in [-0.2, 0) is 20.8 Å². The number of benzene rings is 2. The Balaban J connectivity index is 1.89. The molecule has 7 nitrogen and oxygen atoms in total. The standard InChI is InChI=1S/C22H22Cl2N2O5S/c1-3-29-10-9-26-17-7-5-14(21(28)30-4-2)11-19(17)32-22(26)25-20(27)13-31-18-8-6-15(23)12-16(18)24/h5-8,11-12H,3-4,9-10,13H2,1-2H3. The van der Waals surface area contributed by atoms with Gasteiger partial charge in [0, 0.05) is 18.2 Å². The fourth-order valence-corrected chi connectivity index (χ4v) is 4.46. The predicted octanol–water partition coefficient (Wildman–Crippen LogP) is 4.73. The summed E-state index contributed by atoms with van der Waals surface area (Å²) >= 11 is 13.3. The largest absolute Gasteiger partial charge is 0.482 e. The summed E-state index contributed by atoms with van der Waals surface area (Å²) in [5.74, 6) is -0.524. The highest BCUT2D eigenvalue weighted by molar-refractivity contribution is 7.16. The molecule has 1 heterocycles.